The molecule has 0 saturated heterocycles. The van der Waals surface area contributed by atoms with Crippen LogP contribution in [0.15, 0.2) is 15.8 Å². The third kappa shape index (κ3) is 1.57. The fourth-order valence-corrected chi connectivity index (χ4v) is 0.864. The van der Waals surface area contributed by atoms with Gasteiger partial charge in [-0.05, 0) is 0 Å². The van der Waals surface area contributed by atoms with Crippen molar-refractivity contribution in [2.24, 2.45) is 0 Å². The summed E-state index contributed by atoms with van der Waals surface area (Å²) in [7, 11) is 0. The Morgan fingerprint density at radius 1 is 1.67 bits per heavy atom. The molecule has 0 spiro atoms. The molecule has 0 aliphatic carbocycles. The number of rotatable bonds is 1. The summed E-state index contributed by atoms with van der Waals surface area (Å²) in [5, 5.41) is -0.0511. The molecule has 0 fully saturated rings. The minimum absolute atomic E-state index is 0.0511. The standard InChI is InChI=1S/C7H5ClN2O2/c1-2-3-10-4-5(8)6(11)9-7(10)12/h1,4H,3H2,(H,9,11,12). The fourth-order valence-electron chi connectivity index (χ4n) is 0.699. The molecule has 0 aromatic carbocycles. The monoisotopic (exact) mass is 184 g/mol. The first-order valence-electron chi connectivity index (χ1n) is 3.08. The molecule has 0 aliphatic heterocycles. The molecular formula is C7H5ClN2O2. The van der Waals surface area contributed by atoms with E-state index in [0.29, 0.717) is 0 Å². The lowest BCUT2D eigenvalue weighted by Crippen LogP contribution is -2.29. The van der Waals surface area contributed by atoms with Crippen LogP contribution in [0.2, 0.25) is 5.02 Å². The summed E-state index contributed by atoms with van der Waals surface area (Å²) in [6, 6.07) is 0. The van der Waals surface area contributed by atoms with Gasteiger partial charge in [0.2, 0.25) is 0 Å². The molecule has 0 amide bonds. The Balaban J connectivity index is 3.35. The number of nitrogens with one attached hydrogen (secondary N) is 1. The molecule has 1 aromatic rings. The molecule has 4 nitrogen and oxygen atoms in total. The summed E-state index contributed by atoms with van der Waals surface area (Å²) in [6.45, 7) is 0.0926. The number of hydrogen-bond donors (Lipinski definition) is 1. The van der Waals surface area contributed by atoms with E-state index in [1.165, 1.54) is 6.20 Å². The molecule has 0 bridgehead atoms. The zero-order valence-electron chi connectivity index (χ0n) is 6.00. The Hall–Kier alpha value is -1.47. The number of terminal acetylenes is 1. The molecule has 0 saturated carbocycles. The maximum Gasteiger partial charge on any atom is 0.329 e. The highest BCUT2D eigenvalue weighted by molar-refractivity contribution is 6.30. The first kappa shape index (κ1) is 8.62. The average Bonchev–Trinajstić information content (AvgIpc) is 2.01. The first-order valence-corrected chi connectivity index (χ1v) is 3.45. The second kappa shape index (κ2) is 3.28. The van der Waals surface area contributed by atoms with Crippen molar-refractivity contribution in [2.45, 2.75) is 6.54 Å². The Kier molecular flexibility index (Phi) is 2.36. The number of aromatic nitrogens is 2. The van der Waals surface area contributed by atoms with Gasteiger partial charge in [0, 0.05) is 6.20 Å². The maximum atomic E-state index is 10.9. The van der Waals surface area contributed by atoms with E-state index in [4.69, 9.17) is 18.0 Å². The lowest BCUT2D eigenvalue weighted by Gasteiger charge is -1.98. The van der Waals surface area contributed by atoms with E-state index in [2.05, 4.69) is 5.92 Å². The van der Waals surface area contributed by atoms with Crippen molar-refractivity contribution in [1.82, 2.24) is 9.55 Å². The van der Waals surface area contributed by atoms with Crippen molar-refractivity contribution in [1.29, 1.82) is 0 Å². The predicted molar refractivity (Wildman–Crippen MR) is 45.2 cm³/mol. The van der Waals surface area contributed by atoms with Gasteiger partial charge in [-0.15, -0.1) is 6.42 Å². The number of hydrogen-bond acceptors (Lipinski definition) is 2. The van der Waals surface area contributed by atoms with Crippen LogP contribution >= 0.6 is 11.6 Å². The minimum Gasteiger partial charge on any atom is -0.287 e. The van der Waals surface area contributed by atoms with Gasteiger partial charge in [0.1, 0.15) is 5.02 Å². The number of aromatic amines is 1. The SMILES string of the molecule is C#CCn1cc(Cl)c(=O)[nH]c1=O. The van der Waals surface area contributed by atoms with Crippen LogP contribution in [0.5, 0.6) is 0 Å². The molecule has 0 atom stereocenters. The third-order valence-corrected chi connectivity index (χ3v) is 1.50. The summed E-state index contributed by atoms with van der Waals surface area (Å²) in [4.78, 5) is 23.7. The second-order valence-electron chi connectivity index (χ2n) is 2.07. The Morgan fingerprint density at radius 3 is 2.92 bits per heavy atom. The van der Waals surface area contributed by atoms with Gasteiger partial charge in [-0.1, -0.05) is 17.5 Å². The van der Waals surface area contributed by atoms with E-state index >= 15 is 0 Å². The molecule has 1 rings (SSSR count). The lowest BCUT2D eigenvalue weighted by atomic mass is 10.6. The largest absolute Gasteiger partial charge is 0.329 e. The van der Waals surface area contributed by atoms with Gasteiger partial charge in [-0.2, -0.15) is 0 Å². The van der Waals surface area contributed by atoms with E-state index in [1.807, 2.05) is 4.98 Å². The molecule has 12 heavy (non-hydrogen) atoms. The topological polar surface area (TPSA) is 54.9 Å². The summed E-state index contributed by atoms with van der Waals surface area (Å²) in [5.74, 6) is 2.25. The Bertz CT molecular complexity index is 438. The smallest absolute Gasteiger partial charge is 0.287 e. The molecule has 1 aromatic heterocycles. The van der Waals surface area contributed by atoms with E-state index in [-0.39, 0.29) is 11.6 Å². The Labute approximate surface area is 72.8 Å². The number of halogens is 1. The molecule has 5 heteroatoms. The van der Waals surface area contributed by atoms with Crippen molar-refractivity contribution < 1.29 is 0 Å². The molecule has 0 aliphatic rings. The number of nitrogens with zero attached hydrogens (tertiary/aromatic N) is 1. The van der Waals surface area contributed by atoms with Crippen molar-refractivity contribution in [2.75, 3.05) is 0 Å². The summed E-state index contributed by atoms with van der Waals surface area (Å²) >= 11 is 5.45. The molecular weight excluding hydrogens is 180 g/mol. The van der Waals surface area contributed by atoms with Gasteiger partial charge in [0.25, 0.3) is 5.56 Å². The van der Waals surface area contributed by atoms with Gasteiger partial charge < -0.3 is 0 Å². The van der Waals surface area contributed by atoms with Crippen LogP contribution in [0, 0.1) is 12.3 Å². The summed E-state index contributed by atoms with van der Waals surface area (Å²) in [6.07, 6.45) is 6.18. The van der Waals surface area contributed by atoms with Gasteiger partial charge in [0.15, 0.2) is 0 Å². The molecule has 1 heterocycles. The van der Waals surface area contributed by atoms with Crippen molar-refractivity contribution in [3.8, 4) is 12.3 Å². The van der Waals surface area contributed by atoms with Gasteiger partial charge >= 0.3 is 5.69 Å². The summed E-state index contributed by atoms with van der Waals surface area (Å²) in [5.41, 5.74) is -1.16. The summed E-state index contributed by atoms with van der Waals surface area (Å²) < 4.78 is 1.14. The quantitative estimate of drug-likeness (QED) is 0.616. The fraction of sp³-hybridized carbons (Fsp3) is 0.143. The number of H-pyrrole nitrogens is 1. The van der Waals surface area contributed by atoms with Gasteiger partial charge in [-0.25, -0.2) is 4.79 Å². The normalized spacial score (nSPS) is 9.33. The molecule has 1 N–H and O–H groups in total. The van der Waals surface area contributed by atoms with Gasteiger partial charge in [-0.3, -0.25) is 14.3 Å². The van der Waals surface area contributed by atoms with E-state index < -0.39 is 11.2 Å². The minimum atomic E-state index is -0.602. The van der Waals surface area contributed by atoms with E-state index in [9.17, 15) is 9.59 Å². The van der Waals surface area contributed by atoms with Crippen LogP contribution in [-0.2, 0) is 6.54 Å². The lowest BCUT2D eigenvalue weighted by molar-refractivity contribution is 0.750. The van der Waals surface area contributed by atoms with Crippen LogP contribution < -0.4 is 11.2 Å². The van der Waals surface area contributed by atoms with Gasteiger partial charge in [0.05, 0.1) is 6.54 Å². The average molecular weight is 185 g/mol. The first-order chi connectivity index (χ1) is 5.65. The predicted octanol–water partition coefficient (Wildman–Crippen LogP) is -0.177. The molecule has 62 valence electrons. The molecule has 0 unspecified atom stereocenters. The maximum absolute atomic E-state index is 10.9. The van der Waals surface area contributed by atoms with E-state index in [0.717, 1.165) is 4.57 Å². The van der Waals surface area contributed by atoms with Crippen LogP contribution in [-0.4, -0.2) is 9.55 Å². The van der Waals surface area contributed by atoms with E-state index in [1.54, 1.807) is 0 Å². The highest BCUT2D eigenvalue weighted by atomic mass is 35.5. The highest BCUT2D eigenvalue weighted by Crippen LogP contribution is 1.94. The second-order valence-corrected chi connectivity index (χ2v) is 2.48. The highest BCUT2D eigenvalue weighted by Gasteiger charge is 1.99. The zero-order chi connectivity index (χ0) is 9.14. The zero-order valence-corrected chi connectivity index (χ0v) is 6.76. The van der Waals surface area contributed by atoms with Crippen molar-refractivity contribution >= 4 is 11.6 Å². The third-order valence-electron chi connectivity index (χ3n) is 1.23. The van der Waals surface area contributed by atoms with Crippen molar-refractivity contribution in [3.05, 3.63) is 32.1 Å². The molecule has 0 radical (unpaired) electrons. The van der Waals surface area contributed by atoms with Crippen LogP contribution in [0.3, 0.4) is 0 Å². The van der Waals surface area contributed by atoms with Crippen LogP contribution in [0.1, 0.15) is 0 Å². The van der Waals surface area contributed by atoms with Crippen LogP contribution in [0.4, 0.5) is 0 Å². The van der Waals surface area contributed by atoms with Crippen LogP contribution in [0.25, 0.3) is 0 Å². The Morgan fingerprint density at radius 2 is 2.33 bits per heavy atom. The van der Waals surface area contributed by atoms with Crippen molar-refractivity contribution in [3.63, 3.8) is 0 Å².